The molecule has 0 atom stereocenters. The van der Waals surface area contributed by atoms with Gasteiger partial charge in [0.1, 0.15) is 0 Å². The van der Waals surface area contributed by atoms with Gasteiger partial charge in [-0.1, -0.05) is 12.7 Å². The highest BCUT2D eigenvalue weighted by atomic mass is 15.2. The van der Waals surface area contributed by atoms with Gasteiger partial charge >= 0.3 is 0 Å². The normalized spacial score (nSPS) is 17.8. The van der Waals surface area contributed by atoms with E-state index < -0.39 is 0 Å². The van der Waals surface area contributed by atoms with Crippen LogP contribution in [-0.4, -0.2) is 12.4 Å². The van der Waals surface area contributed by atoms with Gasteiger partial charge in [-0.2, -0.15) is 10.2 Å². The summed E-state index contributed by atoms with van der Waals surface area (Å²) in [6.07, 6.45) is 8.04. The van der Waals surface area contributed by atoms with Crippen molar-refractivity contribution >= 4 is 12.4 Å². The maximum absolute atomic E-state index is 3.89. The maximum atomic E-state index is 3.89. The third kappa shape index (κ3) is 3.83. The van der Waals surface area contributed by atoms with E-state index in [0.717, 1.165) is 23.6 Å². The molecule has 70 valence electrons. The zero-order valence-electron chi connectivity index (χ0n) is 8.16. The van der Waals surface area contributed by atoms with Crippen molar-refractivity contribution in [3.8, 4) is 0 Å². The van der Waals surface area contributed by atoms with Crippen LogP contribution < -0.4 is 0 Å². The Morgan fingerprint density at radius 3 is 2.69 bits per heavy atom. The third-order valence-electron chi connectivity index (χ3n) is 2.06. The van der Waals surface area contributed by atoms with Crippen molar-refractivity contribution in [3.05, 3.63) is 24.3 Å². The first-order valence-corrected chi connectivity index (χ1v) is 4.60. The largest absolute Gasteiger partial charge is 0.166 e. The number of hydrogen-bond donors (Lipinski definition) is 0. The van der Waals surface area contributed by atoms with E-state index in [0.29, 0.717) is 0 Å². The number of allylic oxidation sites excluding steroid dienone is 3. The van der Waals surface area contributed by atoms with Crippen LogP contribution in [0.1, 0.15) is 26.2 Å². The minimum Gasteiger partial charge on any atom is -0.166 e. The second-order valence-electron chi connectivity index (χ2n) is 3.49. The number of rotatable bonds is 5. The van der Waals surface area contributed by atoms with Gasteiger partial charge in [0.15, 0.2) is 0 Å². The van der Waals surface area contributed by atoms with Gasteiger partial charge in [-0.3, -0.25) is 0 Å². The van der Waals surface area contributed by atoms with Crippen LogP contribution in [0, 0.1) is 5.92 Å². The van der Waals surface area contributed by atoms with Gasteiger partial charge in [0.25, 0.3) is 0 Å². The molecule has 1 saturated carbocycles. The summed E-state index contributed by atoms with van der Waals surface area (Å²) >= 11 is 0. The molecular weight excluding hydrogens is 160 g/mol. The zero-order valence-corrected chi connectivity index (χ0v) is 8.16. The first-order chi connectivity index (χ1) is 6.24. The molecule has 1 fully saturated rings. The van der Waals surface area contributed by atoms with Crippen molar-refractivity contribution in [3.63, 3.8) is 0 Å². The molecule has 0 radical (unpaired) electrons. The SMILES string of the molecule is C=N/N=C(\C=C/CC1CC1)C(=C)C. The molecule has 0 saturated heterocycles. The molecule has 0 heterocycles. The molecule has 0 aliphatic heterocycles. The third-order valence-corrected chi connectivity index (χ3v) is 2.06. The fourth-order valence-electron chi connectivity index (χ4n) is 1.06. The van der Waals surface area contributed by atoms with Gasteiger partial charge in [-0.25, -0.2) is 0 Å². The summed E-state index contributed by atoms with van der Waals surface area (Å²) in [4.78, 5) is 0. The predicted molar refractivity (Wildman–Crippen MR) is 58.3 cm³/mol. The summed E-state index contributed by atoms with van der Waals surface area (Å²) in [5.41, 5.74) is 1.76. The topological polar surface area (TPSA) is 24.7 Å². The molecule has 0 bridgehead atoms. The van der Waals surface area contributed by atoms with E-state index in [2.05, 4.69) is 29.6 Å². The first kappa shape index (κ1) is 9.90. The summed E-state index contributed by atoms with van der Waals surface area (Å²) in [6, 6.07) is 0. The lowest BCUT2D eigenvalue weighted by atomic mass is 10.1. The molecule has 13 heavy (non-hydrogen) atoms. The molecule has 1 rings (SSSR count). The molecule has 1 aliphatic rings. The summed E-state index contributed by atoms with van der Waals surface area (Å²) in [5.74, 6) is 0.916. The molecule has 0 amide bonds. The van der Waals surface area contributed by atoms with Crippen LogP contribution in [0.4, 0.5) is 0 Å². The second-order valence-corrected chi connectivity index (χ2v) is 3.49. The van der Waals surface area contributed by atoms with Gasteiger partial charge in [-0.15, -0.1) is 0 Å². The van der Waals surface area contributed by atoms with Crippen molar-refractivity contribution in [2.75, 3.05) is 0 Å². The van der Waals surface area contributed by atoms with E-state index in [4.69, 9.17) is 0 Å². The van der Waals surface area contributed by atoms with Crippen LogP contribution in [0.2, 0.25) is 0 Å². The molecule has 0 aromatic heterocycles. The summed E-state index contributed by atoms with van der Waals surface area (Å²) < 4.78 is 0. The van der Waals surface area contributed by atoms with Crippen LogP contribution in [-0.2, 0) is 0 Å². The molecule has 2 nitrogen and oxygen atoms in total. The predicted octanol–water partition coefficient (Wildman–Crippen LogP) is 2.98. The Bertz CT molecular complexity index is 257. The molecule has 0 aromatic carbocycles. The lowest BCUT2D eigenvalue weighted by molar-refractivity contribution is 0.863. The standard InChI is InChI=1S/C11H16N2/c1-9(2)11(13-12-3)6-4-5-10-7-8-10/h4,6,10H,1,3,5,7-8H2,2H3/b6-4-,13-11+. The highest BCUT2D eigenvalue weighted by Gasteiger charge is 2.18. The Morgan fingerprint density at radius 1 is 1.54 bits per heavy atom. The minimum atomic E-state index is 0.829. The van der Waals surface area contributed by atoms with Crippen molar-refractivity contribution in [2.45, 2.75) is 26.2 Å². The lowest BCUT2D eigenvalue weighted by Crippen LogP contribution is -1.92. The number of nitrogens with zero attached hydrogens (tertiary/aromatic N) is 2. The Balaban J connectivity index is 2.44. The zero-order chi connectivity index (χ0) is 9.68. The van der Waals surface area contributed by atoms with Gasteiger partial charge in [0.05, 0.1) is 5.71 Å². The Kier molecular flexibility index (Phi) is 3.62. The summed E-state index contributed by atoms with van der Waals surface area (Å²) in [6.45, 7) is 9.07. The summed E-state index contributed by atoms with van der Waals surface area (Å²) in [5, 5.41) is 7.38. The monoisotopic (exact) mass is 176 g/mol. The van der Waals surface area contributed by atoms with Crippen LogP contribution in [0.3, 0.4) is 0 Å². The average Bonchev–Trinajstić information content (AvgIpc) is 2.86. The fraction of sp³-hybridized carbons (Fsp3) is 0.455. The van der Waals surface area contributed by atoms with Crippen molar-refractivity contribution < 1.29 is 0 Å². The van der Waals surface area contributed by atoms with Crippen LogP contribution in [0.5, 0.6) is 0 Å². The van der Waals surface area contributed by atoms with Crippen LogP contribution in [0.25, 0.3) is 0 Å². The van der Waals surface area contributed by atoms with Gasteiger partial charge in [0.2, 0.25) is 0 Å². The van der Waals surface area contributed by atoms with E-state index in [9.17, 15) is 0 Å². The Labute approximate surface area is 79.8 Å². The molecule has 0 unspecified atom stereocenters. The number of hydrogen-bond acceptors (Lipinski definition) is 2. The van der Waals surface area contributed by atoms with E-state index in [1.807, 2.05) is 13.0 Å². The fourth-order valence-corrected chi connectivity index (χ4v) is 1.06. The van der Waals surface area contributed by atoms with E-state index in [-0.39, 0.29) is 0 Å². The molecule has 0 N–H and O–H groups in total. The first-order valence-electron chi connectivity index (χ1n) is 4.60. The molecule has 1 aliphatic carbocycles. The highest BCUT2D eigenvalue weighted by molar-refractivity contribution is 6.07. The lowest BCUT2D eigenvalue weighted by Gasteiger charge is -1.95. The van der Waals surface area contributed by atoms with E-state index in [1.165, 1.54) is 12.8 Å². The van der Waals surface area contributed by atoms with Crippen LogP contribution in [0.15, 0.2) is 34.5 Å². The Morgan fingerprint density at radius 2 is 2.23 bits per heavy atom. The quantitative estimate of drug-likeness (QED) is 0.454. The van der Waals surface area contributed by atoms with Crippen molar-refractivity contribution in [1.82, 2.24) is 0 Å². The van der Waals surface area contributed by atoms with Crippen molar-refractivity contribution in [2.24, 2.45) is 16.1 Å². The average molecular weight is 176 g/mol. The molecular formula is C11H16N2. The van der Waals surface area contributed by atoms with Crippen molar-refractivity contribution in [1.29, 1.82) is 0 Å². The van der Waals surface area contributed by atoms with Gasteiger partial charge < -0.3 is 0 Å². The van der Waals surface area contributed by atoms with Gasteiger partial charge in [-0.05, 0) is 43.8 Å². The summed E-state index contributed by atoms with van der Waals surface area (Å²) in [7, 11) is 0. The van der Waals surface area contributed by atoms with Gasteiger partial charge in [0, 0.05) is 6.72 Å². The molecule has 0 spiro atoms. The van der Waals surface area contributed by atoms with E-state index >= 15 is 0 Å². The maximum Gasteiger partial charge on any atom is 0.0876 e. The van der Waals surface area contributed by atoms with E-state index in [1.54, 1.807) is 0 Å². The highest BCUT2D eigenvalue weighted by Crippen LogP contribution is 2.32. The molecule has 0 aromatic rings. The minimum absolute atomic E-state index is 0.829. The second kappa shape index (κ2) is 4.75. The molecule has 2 heteroatoms. The van der Waals surface area contributed by atoms with Crippen LogP contribution >= 0.6 is 0 Å². The smallest absolute Gasteiger partial charge is 0.0876 e. The Hall–Kier alpha value is -1.18.